The second kappa shape index (κ2) is 10.9. The van der Waals surface area contributed by atoms with E-state index in [1.807, 2.05) is 24.3 Å². The average molecular weight is 509 g/mol. The van der Waals surface area contributed by atoms with Gasteiger partial charge in [0.1, 0.15) is 24.2 Å². The van der Waals surface area contributed by atoms with Gasteiger partial charge >= 0.3 is 0 Å². The summed E-state index contributed by atoms with van der Waals surface area (Å²) in [6, 6.07) is 12.6. The molecule has 0 unspecified atom stereocenters. The predicted octanol–water partition coefficient (Wildman–Crippen LogP) is 1.10. The molecular formula is C22H25ClN4O6S. The summed E-state index contributed by atoms with van der Waals surface area (Å²) in [7, 11) is -2.42. The van der Waals surface area contributed by atoms with E-state index in [1.165, 1.54) is 12.1 Å². The molecule has 0 aliphatic carbocycles. The van der Waals surface area contributed by atoms with Crippen molar-refractivity contribution in [1.29, 1.82) is 0 Å². The monoisotopic (exact) mass is 508 g/mol. The van der Waals surface area contributed by atoms with Gasteiger partial charge < -0.3 is 10.5 Å². The Hall–Kier alpha value is -3.15. The van der Waals surface area contributed by atoms with Crippen molar-refractivity contribution < 1.29 is 27.5 Å². The number of nitrogens with one attached hydrogen (secondary N) is 1. The fourth-order valence-electron chi connectivity index (χ4n) is 3.65. The first-order valence-electron chi connectivity index (χ1n) is 10.4. The van der Waals surface area contributed by atoms with Gasteiger partial charge in [0.25, 0.3) is 11.8 Å². The van der Waals surface area contributed by atoms with Crippen LogP contribution in [0.4, 0.5) is 0 Å². The third kappa shape index (κ3) is 5.66. The topological polar surface area (TPSA) is 139 Å². The van der Waals surface area contributed by atoms with Gasteiger partial charge in [-0.25, -0.2) is 13.4 Å². The molecule has 0 spiro atoms. The minimum absolute atomic E-state index is 0.0373. The van der Waals surface area contributed by atoms with Crippen molar-refractivity contribution in [2.45, 2.75) is 23.8 Å². The second-order valence-corrected chi connectivity index (χ2v) is 9.74. The van der Waals surface area contributed by atoms with E-state index in [0.717, 1.165) is 15.4 Å². The molecule has 182 valence electrons. The van der Waals surface area contributed by atoms with Crippen molar-refractivity contribution in [2.24, 2.45) is 5.73 Å². The lowest BCUT2D eigenvalue weighted by Crippen LogP contribution is -2.55. The van der Waals surface area contributed by atoms with Crippen molar-refractivity contribution in [3.63, 3.8) is 0 Å². The van der Waals surface area contributed by atoms with Crippen LogP contribution in [-0.4, -0.2) is 67.6 Å². The summed E-state index contributed by atoms with van der Waals surface area (Å²) in [5.74, 6) is -2.11. The van der Waals surface area contributed by atoms with Gasteiger partial charge in [-0.15, -0.1) is 11.6 Å². The molecule has 10 nitrogen and oxygen atoms in total. The number of benzene rings is 2. The van der Waals surface area contributed by atoms with Crippen LogP contribution in [0.2, 0.25) is 0 Å². The molecule has 1 aliphatic heterocycles. The molecule has 1 saturated heterocycles. The maximum absolute atomic E-state index is 13.3. The normalized spacial score (nSPS) is 16.1. The number of rotatable bonds is 8. The maximum Gasteiger partial charge on any atom is 0.257 e. The van der Waals surface area contributed by atoms with Crippen molar-refractivity contribution in [2.75, 3.05) is 26.1 Å². The zero-order valence-electron chi connectivity index (χ0n) is 18.4. The van der Waals surface area contributed by atoms with Gasteiger partial charge in [-0.1, -0.05) is 24.3 Å². The number of hydrazine groups is 1. The minimum Gasteiger partial charge on any atom is -0.497 e. The van der Waals surface area contributed by atoms with E-state index < -0.39 is 46.2 Å². The summed E-state index contributed by atoms with van der Waals surface area (Å²) in [6.07, 6.45) is 0.717. The van der Waals surface area contributed by atoms with E-state index in [9.17, 15) is 22.8 Å². The molecule has 1 atom stereocenters. The fraction of sp³-hybridized carbons (Fsp3) is 0.318. The van der Waals surface area contributed by atoms with Gasteiger partial charge in [0.2, 0.25) is 15.9 Å². The molecule has 1 aliphatic rings. The van der Waals surface area contributed by atoms with Crippen LogP contribution in [-0.2, 0) is 24.4 Å². The highest BCUT2D eigenvalue weighted by Gasteiger charge is 2.40. The van der Waals surface area contributed by atoms with Crippen molar-refractivity contribution in [1.82, 2.24) is 14.7 Å². The van der Waals surface area contributed by atoms with Crippen molar-refractivity contribution in [3.05, 3.63) is 48.5 Å². The SMILES string of the molecule is COc1ccc(-c2ccc(S(=O)(=O)N3CCC[C@H]3C(=O)NN(CC(N)=O)C(=O)CCl)cc2)cc1. The number of carbonyl (C=O) groups excluding carboxylic acids is 3. The number of nitrogens with zero attached hydrogens (tertiary/aromatic N) is 2. The van der Waals surface area contributed by atoms with E-state index in [2.05, 4.69) is 5.43 Å². The first-order valence-corrected chi connectivity index (χ1v) is 12.4. The number of nitrogens with two attached hydrogens (primary N) is 1. The lowest BCUT2D eigenvalue weighted by molar-refractivity contribution is -0.143. The molecule has 3 rings (SSSR count). The molecule has 1 fully saturated rings. The third-order valence-corrected chi connectivity index (χ3v) is 7.52. The van der Waals surface area contributed by atoms with Crippen molar-refractivity contribution >= 4 is 39.3 Å². The van der Waals surface area contributed by atoms with Crippen LogP contribution >= 0.6 is 11.6 Å². The third-order valence-electron chi connectivity index (χ3n) is 5.37. The molecule has 0 aromatic heterocycles. The highest BCUT2D eigenvalue weighted by atomic mass is 35.5. The van der Waals surface area contributed by atoms with Crippen LogP contribution < -0.4 is 15.9 Å². The van der Waals surface area contributed by atoms with Gasteiger partial charge in [0.15, 0.2) is 0 Å². The number of halogens is 1. The van der Waals surface area contributed by atoms with E-state index in [-0.39, 0.29) is 17.9 Å². The first kappa shape index (κ1) is 25.5. The van der Waals surface area contributed by atoms with Gasteiger partial charge in [-0.2, -0.15) is 4.31 Å². The molecule has 3 N–H and O–H groups in total. The summed E-state index contributed by atoms with van der Waals surface area (Å²) in [5.41, 5.74) is 9.10. The summed E-state index contributed by atoms with van der Waals surface area (Å²) in [6.45, 7) is -0.441. The number of alkyl halides is 1. The number of hydrogen-bond acceptors (Lipinski definition) is 6. The van der Waals surface area contributed by atoms with Crippen LogP contribution in [0.5, 0.6) is 5.75 Å². The van der Waals surface area contributed by atoms with E-state index in [4.69, 9.17) is 22.1 Å². The lowest BCUT2D eigenvalue weighted by Gasteiger charge is -2.27. The summed E-state index contributed by atoms with van der Waals surface area (Å²) in [4.78, 5) is 36.0. The second-order valence-electron chi connectivity index (χ2n) is 7.58. The maximum atomic E-state index is 13.3. The average Bonchev–Trinajstić information content (AvgIpc) is 3.34. The van der Waals surface area contributed by atoms with E-state index in [0.29, 0.717) is 17.2 Å². The molecule has 2 aromatic carbocycles. The molecule has 2 aromatic rings. The van der Waals surface area contributed by atoms with Gasteiger partial charge in [0, 0.05) is 6.54 Å². The minimum atomic E-state index is -4.00. The molecule has 34 heavy (non-hydrogen) atoms. The molecule has 0 bridgehead atoms. The first-order chi connectivity index (χ1) is 16.2. The summed E-state index contributed by atoms with van der Waals surface area (Å²) < 4.78 is 32.8. The van der Waals surface area contributed by atoms with E-state index >= 15 is 0 Å². The number of sulfonamides is 1. The standard InChI is InChI=1S/C22H25ClN4O6S/c1-33-17-8-4-15(5-9-17)16-6-10-18(11-7-16)34(31,32)27-12-2-3-19(27)22(30)25-26(14-20(24)28)21(29)13-23/h4-11,19H,2-3,12-14H2,1H3,(H2,24,28)(H,25,30)/t19-/m0/s1. The summed E-state index contributed by atoms with van der Waals surface area (Å²) >= 11 is 5.52. The number of hydrogen-bond donors (Lipinski definition) is 2. The van der Waals surface area contributed by atoms with Gasteiger partial charge in [0.05, 0.1) is 12.0 Å². The highest BCUT2D eigenvalue weighted by molar-refractivity contribution is 7.89. The van der Waals surface area contributed by atoms with Crippen LogP contribution in [0, 0.1) is 0 Å². The van der Waals surface area contributed by atoms with Crippen LogP contribution in [0.3, 0.4) is 0 Å². The molecule has 12 heteroatoms. The Morgan fingerprint density at radius 3 is 2.24 bits per heavy atom. The number of carbonyl (C=O) groups is 3. The number of ether oxygens (including phenoxy) is 1. The van der Waals surface area contributed by atoms with Gasteiger partial charge in [-0.3, -0.25) is 19.8 Å². The number of methoxy groups -OCH3 is 1. The molecule has 1 heterocycles. The van der Waals surface area contributed by atoms with Gasteiger partial charge in [-0.05, 0) is 48.2 Å². The van der Waals surface area contributed by atoms with Crippen LogP contribution in [0.25, 0.3) is 11.1 Å². The zero-order valence-corrected chi connectivity index (χ0v) is 20.0. The van der Waals surface area contributed by atoms with Crippen LogP contribution in [0.15, 0.2) is 53.4 Å². The smallest absolute Gasteiger partial charge is 0.257 e. The zero-order chi connectivity index (χ0) is 24.9. The molecule has 0 radical (unpaired) electrons. The number of primary amides is 1. The number of amides is 3. The Kier molecular flexibility index (Phi) is 8.13. The Morgan fingerprint density at radius 1 is 1.12 bits per heavy atom. The Morgan fingerprint density at radius 2 is 1.71 bits per heavy atom. The fourth-order valence-corrected chi connectivity index (χ4v) is 5.45. The molecule has 3 amide bonds. The Bertz CT molecular complexity index is 1150. The highest BCUT2D eigenvalue weighted by Crippen LogP contribution is 2.29. The molecular weight excluding hydrogens is 484 g/mol. The largest absolute Gasteiger partial charge is 0.497 e. The quantitative estimate of drug-likeness (QED) is 0.404. The van der Waals surface area contributed by atoms with Crippen LogP contribution in [0.1, 0.15) is 12.8 Å². The van der Waals surface area contributed by atoms with E-state index in [1.54, 1.807) is 19.2 Å². The Labute approximate surface area is 202 Å². The predicted molar refractivity (Wildman–Crippen MR) is 125 cm³/mol. The van der Waals surface area contributed by atoms with Crippen molar-refractivity contribution in [3.8, 4) is 16.9 Å². The molecule has 0 saturated carbocycles. The Balaban J connectivity index is 1.78. The summed E-state index contributed by atoms with van der Waals surface area (Å²) in [5, 5.41) is 0.699. The lowest BCUT2D eigenvalue weighted by atomic mass is 10.1.